The molecule has 7 nitrogen and oxygen atoms in total. The van der Waals surface area contributed by atoms with Crippen LogP contribution in [0.4, 0.5) is 0 Å². The fraction of sp³-hybridized carbons (Fsp3) is 0.500. The van der Waals surface area contributed by atoms with Crippen LogP contribution in [0.3, 0.4) is 0 Å². The van der Waals surface area contributed by atoms with Crippen molar-refractivity contribution in [3.8, 4) is 6.07 Å². The number of aliphatic imine (C=N–C) groups is 1. The summed E-state index contributed by atoms with van der Waals surface area (Å²) in [6, 6.07) is 1.98. The molecule has 15 heavy (non-hydrogen) atoms. The van der Waals surface area contributed by atoms with Crippen molar-refractivity contribution < 1.29 is 4.84 Å². The molecule has 7 heteroatoms. The van der Waals surface area contributed by atoms with Crippen LogP contribution in [0.2, 0.25) is 0 Å². The molecule has 1 heterocycles. The molecule has 0 amide bonds. The number of hydrogen-bond acceptors (Lipinski definition) is 6. The summed E-state index contributed by atoms with van der Waals surface area (Å²) in [4.78, 5) is 8.71. The van der Waals surface area contributed by atoms with E-state index in [1.807, 2.05) is 13.0 Å². The van der Waals surface area contributed by atoms with Crippen LogP contribution < -0.4 is 5.48 Å². The maximum absolute atomic E-state index is 8.86. The quantitative estimate of drug-likeness (QED) is 0.515. The molecule has 0 bridgehead atoms. The maximum Gasteiger partial charge on any atom is 0.165 e. The van der Waals surface area contributed by atoms with Crippen molar-refractivity contribution in [3.63, 3.8) is 0 Å². The molecule has 0 aromatic carbocycles. The third kappa shape index (κ3) is 2.83. The highest BCUT2D eigenvalue weighted by Gasteiger charge is 2.13. The lowest BCUT2D eigenvalue weighted by Crippen LogP contribution is -2.14. The Hall–Kier alpha value is -1.78. The Morgan fingerprint density at radius 3 is 3.07 bits per heavy atom. The second-order valence-corrected chi connectivity index (χ2v) is 2.58. The van der Waals surface area contributed by atoms with Crippen molar-refractivity contribution in [2.45, 2.75) is 13.5 Å². The zero-order valence-corrected chi connectivity index (χ0v) is 8.61. The Bertz CT molecular complexity index is 377. The van der Waals surface area contributed by atoms with Gasteiger partial charge in [0.2, 0.25) is 0 Å². The first-order valence-electron chi connectivity index (χ1n) is 4.43. The Kier molecular flexibility index (Phi) is 4.40. The molecule has 0 spiro atoms. The first-order valence-corrected chi connectivity index (χ1v) is 4.43. The van der Waals surface area contributed by atoms with Crippen molar-refractivity contribution >= 4 is 5.71 Å². The fourth-order valence-corrected chi connectivity index (χ4v) is 1.03. The van der Waals surface area contributed by atoms with Gasteiger partial charge in [-0.05, 0) is 6.92 Å². The zero-order chi connectivity index (χ0) is 11.1. The standard InChI is InChI=1S/C8H12N6O/c1-3-10-6(4-9)8-7(5-11-15-2)12-14-13-8/h11H,3,5H2,1-2H3,(H,12,13,14). The molecular weight excluding hydrogens is 196 g/mol. The van der Waals surface area contributed by atoms with Gasteiger partial charge in [0.25, 0.3) is 0 Å². The number of aromatic amines is 1. The number of nitriles is 1. The highest BCUT2D eigenvalue weighted by atomic mass is 16.6. The van der Waals surface area contributed by atoms with E-state index in [0.717, 1.165) is 0 Å². The number of H-pyrrole nitrogens is 1. The molecule has 0 fully saturated rings. The average Bonchev–Trinajstić information content (AvgIpc) is 2.71. The second-order valence-electron chi connectivity index (χ2n) is 2.58. The van der Waals surface area contributed by atoms with E-state index >= 15 is 0 Å². The van der Waals surface area contributed by atoms with E-state index in [-0.39, 0.29) is 5.71 Å². The number of hydroxylamine groups is 1. The molecule has 80 valence electrons. The first-order chi connectivity index (χ1) is 7.33. The van der Waals surface area contributed by atoms with Crippen LogP contribution >= 0.6 is 0 Å². The smallest absolute Gasteiger partial charge is 0.165 e. The Labute approximate surface area is 87.1 Å². The van der Waals surface area contributed by atoms with Crippen LogP contribution in [0.1, 0.15) is 18.3 Å². The van der Waals surface area contributed by atoms with Crippen molar-refractivity contribution in [3.05, 3.63) is 11.4 Å². The summed E-state index contributed by atoms with van der Waals surface area (Å²) in [5.41, 5.74) is 3.97. The highest BCUT2D eigenvalue weighted by Crippen LogP contribution is 2.02. The predicted molar refractivity (Wildman–Crippen MR) is 52.9 cm³/mol. The molecule has 0 aliphatic carbocycles. The predicted octanol–water partition coefficient (Wildman–Crippen LogP) is -0.212. The summed E-state index contributed by atoms with van der Waals surface area (Å²) in [5.74, 6) is 0. The van der Waals surface area contributed by atoms with Gasteiger partial charge in [-0.1, -0.05) is 0 Å². The SMILES string of the molecule is CCN=C(C#N)c1n[nH]nc1CNOC. The Morgan fingerprint density at radius 1 is 1.67 bits per heavy atom. The third-order valence-corrected chi connectivity index (χ3v) is 1.65. The Morgan fingerprint density at radius 2 is 2.47 bits per heavy atom. The minimum atomic E-state index is 0.277. The van der Waals surface area contributed by atoms with E-state index in [0.29, 0.717) is 24.5 Å². The molecule has 0 aliphatic rings. The molecule has 0 atom stereocenters. The molecule has 1 aromatic heterocycles. The number of nitrogens with zero attached hydrogens (tertiary/aromatic N) is 4. The number of aromatic nitrogens is 3. The number of nitrogens with one attached hydrogen (secondary N) is 2. The minimum absolute atomic E-state index is 0.277. The van der Waals surface area contributed by atoms with Gasteiger partial charge in [0.05, 0.1) is 13.7 Å². The number of rotatable bonds is 5. The van der Waals surface area contributed by atoms with E-state index in [9.17, 15) is 0 Å². The van der Waals surface area contributed by atoms with E-state index in [1.54, 1.807) is 0 Å². The highest BCUT2D eigenvalue weighted by molar-refractivity contribution is 6.10. The summed E-state index contributed by atoms with van der Waals surface area (Å²) in [7, 11) is 1.51. The first kappa shape index (κ1) is 11.3. The van der Waals surface area contributed by atoms with Crippen molar-refractivity contribution in [2.75, 3.05) is 13.7 Å². The summed E-state index contributed by atoms with van der Waals surface area (Å²) in [6.07, 6.45) is 0. The van der Waals surface area contributed by atoms with Gasteiger partial charge in [0, 0.05) is 6.54 Å². The summed E-state index contributed by atoms with van der Waals surface area (Å²) >= 11 is 0. The fourth-order valence-electron chi connectivity index (χ4n) is 1.03. The molecule has 1 aromatic rings. The summed E-state index contributed by atoms with van der Waals surface area (Å²) < 4.78 is 0. The summed E-state index contributed by atoms with van der Waals surface area (Å²) in [5, 5.41) is 19.1. The van der Waals surface area contributed by atoms with Crippen LogP contribution in [-0.2, 0) is 11.4 Å². The van der Waals surface area contributed by atoms with Crippen molar-refractivity contribution in [2.24, 2.45) is 4.99 Å². The van der Waals surface area contributed by atoms with Crippen LogP contribution in [-0.4, -0.2) is 34.8 Å². The normalized spacial score (nSPS) is 11.4. The van der Waals surface area contributed by atoms with E-state index < -0.39 is 0 Å². The lowest BCUT2D eigenvalue weighted by atomic mass is 10.2. The average molecular weight is 208 g/mol. The van der Waals surface area contributed by atoms with E-state index in [2.05, 4.69) is 30.7 Å². The van der Waals surface area contributed by atoms with Gasteiger partial charge in [0.1, 0.15) is 17.5 Å². The van der Waals surface area contributed by atoms with Gasteiger partial charge in [-0.15, -0.1) is 0 Å². The van der Waals surface area contributed by atoms with Crippen LogP contribution in [0.15, 0.2) is 4.99 Å². The maximum atomic E-state index is 8.86. The molecule has 0 radical (unpaired) electrons. The zero-order valence-electron chi connectivity index (χ0n) is 8.61. The molecule has 0 saturated carbocycles. The van der Waals surface area contributed by atoms with Crippen LogP contribution in [0, 0.1) is 11.3 Å². The lowest BCUT2D eigenvalue weighted by molar-refractivity contribution is 0.0858. The topological polar surface area (TPSA) is 99.0 Å². The monoisotopic (exact) mass is 208 g/mol. The minimum Gasteiger partial charge on any atom is -0.305 e. The summed E-state index contributed by atoms with van der Waals surface area (Å²) in [6.45, 7) is 2.75. The lowest BCUT2D eigenvalue weighted by Gasteiger charge is -1.99. The molecular formula is C8H12N6O. The van der Waals surface area contributed by atoms with Crippen molar-refractivity contribution in [1.82, 2.24) is 20.9 Å². The van der Waals surface area contributed by atoms with Crippen LogP contribution in [0.5, 0.6) is 0 Å². The second kappa shape index (κ2) is 5.85. The van der Waals surface area contributed by atoms with Gasteiger partial charge in [-0.2, -0.15) is 26.2 Å². The third-order valence-electron chi connectivity index (χ3n) is 1.65. The van der Waals surface area contributed by atoms with E-state index in [4.69, 9.17) is 5.26 Å². The van der Waals surface area contributed by atoms with Gasteiger partial charge >= 0.3 is 0 Å². The van der Waals surface area contributed by atoms with Crippen molar-refractivity contribution in [1.29, 1.82) is 5.26 Å². The largest absolute Gasteiger partial charge is 0.305 e. The van der Waals surface area contributed by atoms with Gasteiger partial charge < -0.3 is 4.84 Å². The molecule has 1 rings (SSSR count). The molecule has 0 saturated heterocycles. The van der Waals surface area contributed by atoms with Gasteiger partial charge in [-0.3, -0.25) is 4.99 Å². The number of hydrogen-bond donors (Lipinski definition) is 2. The van der Waals surface area contributed by atoms with Crippen LogP contribution in [0.25, 0.3) is 0 Å². The van der Waals surface area contributed by atoms with Gasteiger partial charge in [-0.25, -0.2) is 0 Å². The molecule has 0 unspecified atom stereocenters. The van der Waals surface area contributed by atoms with Gasteiger partial charge in [0.15, 0.2) is 5.71 Å². The molecule has 0 aliphatic heterocycles. The molecule has 2 N–H and O–H groups in total. The Balaban J connectivity index is 2.89. The van der Waals surface area contributed by atoms with E-state index in [1.165, 1.54) is 7.11 Å².